The van der Waals surface area contributed by atoms with Gasteiger partial charge in [0, 0.05) is 16.7 Å². The second kappa shape index (κ2) is 5.82. The molecule has 1 aliphatic carbocycles. The molecule has 0 aliphatic heterocycles. The predicted octanol–water partition coefficient (Wildman–Crippen LogP) is 4.85. The third kappa shape index (κ3) is 2.24. The molecule has 24 heavy (non-hydrogen) atoms. The van der Waals surface area contributed by atoms with E-state index in [0.717, 1.165) is 27.8 Å². The Morgan fingerprint density at radius 2 is 1.25 bits per heavy atom. The van der Waals surface area contributed by atoms with Gasteiger partial charge in [0.15, 0.2) is 5.78 Å². The first-order chi connectivity index (χ1) is 11.8. The fourth-order valence-electron chi connectivity index (χ4n) is 3.22. The van der Waals surface area contributed by atoms with Gasteiger partial charge in [0.05, 0.1) is 7.11 Å². The van der Waals surface area contributed by atoms with Crippen LogP contribution in [-0.4, -0.2) is 12.9 Å². The molecule has 116 valence electrons. The molecule has 2 nitrogen and oxygen atoms in total. The van der Waals surface area contributed by atoms with Gasteiger partial charge in [-0.25, -0.2) is 0 Å². The number of methoxy groups -OCH3 is 1. The molecule has 0 aromatic heterocycles. The zero-order valence-corrected chi connectivity index (χ0v) is 13.3. The first-order valence-electron chi connectivity index (χ1n) is 7.88. The number of allylic oxidation sites excluding steroid dienone is 1. The maximum absolute atomic E-state index is 13.1. The summed E-state index contributed by atoms with van der Waals surface area (Å²) in [7, 11) is 1.62. The van der Waals surface area contributed by atoms with Crippen molar-refractivity contribution in [1.82, 2.24) is 0 Å². The summed E-state index contributed by atoms with van der Waals surface area (Å²) >= 11 is 0. The van der Waals surface area contributed by atoms with Gasteiger partial charge in [-0.1, -0.05) is 60.7 Å². The first kappa shape index (κ1) is 14.5. The molecule has 0 unspecified atom stereocenters. The van der Waals surface area contributed by atoms with E-state index in [0.29, 0.717) is 11.3 Å². The number of benzene rings is 3. The maximum atomic E-state index is 13.1. The lowest BCUT2D eigenvalue weighted by atomic mass is 9.94. The topological polar surface area (TPSA) is 26.3 Å². The highest BCUT2D eigenvalue weighted by Crippen LogP contribution is 2.43. The number of rotatable bonds is 3. The van der Waals surface area contributed by atoms with Gasteiger partial charge in [0.25, 0.3) is 0 Å². The number of ketones is 1. The molecule has 0 radical (unpaired) electrons. The molecule has 0 saturated carbocycles. The van der Waals surface area contributed by atoms with Crippen LogP contribution in [0.15, 0.2) is 78.9 Å². The normalized spacial score (nSPS) is 13.1. The van der Waals surface area contributed by atoms with Gasteiger partial charge in [-0.15, -0.1) is 0 Å². The standard InChI is InChI=1S/C22H16O2/c1-24-17-12-13-18-19(14-17)22(23)21(16-10-6-3-7-11-16)20(18)15-8-4-2-5-9-15/h2-14H,1H3. The minimum atomic E-state index is 0.0500. The summed E-state index contributed by atoms with van der Waals surface area (Å²) in [6.07, 6.45) is 0. The fraction of sp³-hybridized carbons (Fsp3) is 0.0455. The molecular formula is C22H16O2. The van der Waals surface area contributed by atoms with Crippen molar-refractivity contribution in [3.8, 4) is 5.75 Å². The molecule has 0 N–H and O–H groups in total. The van der Waals surface area contributed by atoms with E-state index < -0.39 is 0 Å². The van der Waals surface area contributed by atoms with Gasteiger partial charge in [-0.2, -0.15) is 0 Å². The van der Waals surface area contributed by atoms with Crippen LogP contribution in [0.2, 0.25) is 0 Å². The van der Waals surface area contributed by atoms with Gasteiger partial charge in [-0.05, 0) is 34.9 Å². The van der Waals surface area contributed by atoms with Crippen LogP contribution in [0, 0.1) is 0 Å². The first-order valence-corrected chi connectivity index (χ1v) is 7.88. The van der Waals surface area contributed by atoms with E-state index in [-0.39, 0.29) is 5.78 Å². The second-order valence-corrected chi connectivity index (χ2v) is 5.72. The van der Waals surface area contributed by atoms with Crippen LogP contribution in [0.5, 0.6) is 5.75 Å². The van der Waals surface area contributed by atoms with Crippen LogP contribution in [-0.2, 0) is 0 Å². The van der Waals surface area contributed by atoms with Crippen LogP contribution >= 0.6 is 0 Å². The molecule has 3 aromatic carbocycles. The van der Waals surface area contributed by atoms with E-state index in [1.165, 1.54) is 0 Å². The number of carbonyl (C=O) groups is 1. The Kier molecular flexibility index (Phi) is 3.51. The highest BCUT2D eigenvalue weighted by Gasteiger charge is 2.31. The fourth-order valence-corrected chi connectivity index (χ4v) is 3.22. The smallest absolute Gasteiger partial charge is 0.195 e. The van der Waals surface area contributed by atoms with Crippen LogP contribution in [0.3, 0.4) is 0 Å². The molecular weight excluding hydrogens is 296 g/mol. The molecule has 4 rings (SSSR count). The molecule has 0 saturated heterocycles. The van der Waals surface area contributed by atoms with Gasteiger partial charge in [0.1, 0.15) is 5.75 Å². The van der Waals surface area contributed by atoms with E-state index in [1.54, 1.807) is 7.11 Å². The summed E-state index contributed by atoms with van der Waals surface area (Å²) in [6.45, 7) is 0. The molecule has 0 heterocycles. The Bertz CT molecular complexity index is 938. The third-order valence-electron chi connectivity index (χ3n) is 4.34. The van der Waals surface area contributed by atoms with Crippen molar-refractivity contribution in [2.24, 2.45) is 0 Å². The Morgan fingerprint density at radius 3 is 1.83 bits per heavy atom. The lowest BCUT2D eigenvalue weighted by Gasteiger charge is -2.09. The number of Topliss-reactive ketones (excluding diaryl/α,β-unsaturated/α-hetero) is 1. The minimum Gasteiger partial charge on any atom is -0.497 e. The van der Waals surface area contributed by atoms with Crippen molar-refractivity contribution in [1.29, 1.82) is 0 Å². The third-order valence-corrected chi connectivity index (χ3v) is 4.34. The SMILES string of the molecule is COc1ccc2c(c1)C(=O)C(c1ccccc1)=C2c1ccccc1. The summed E-state index contributed by atoms with van der Waals surface area (Å²) in [4.78, 5) is 13.1. The van der Waals surface area contributed by atoms with E-state index >= 15 is 0 Å². The summed E-state index contributed by atoms with van der Waals surface area (Å²) in [5.41, 5.74) is 5.40. The molecule has 0 fully saturated rings. The van der Waals surface area contributed by atoms with E-state index in [1.807, 2.05) is 78.9 Å². The van der Waals surface area contributed by atoms with Crippen molar-refractivity contribution < 1.29 is 9.53 Å². The molecule has 1 aliphatic rings. The van der Waals surface area contributed by atoms with E-state index in [2.05, 4.69) is 0 Å². The quantitative estimate of drug-likeness (QED) is 0.691. The lowest BCUT2D eigenvalue weighted by Crippen LogP contribution is -1.98. The molecule has 0 atom stereocenters. The van der Waals surface area contributed by atoms with Crippen molar-refractivity contribution in [3.63, 3.8) is 0 Å². The van der Waals surface area contributed by atoms with Crippen molar-refractivity contribution >= 4 is 16.9 Å². The van der Waals surface area contributed by atoms with Crippen molar-refractivity contribution in [2.75, 3.05) is 7.11 Å². The highest BCUT2D eigenvalue weighted by atomic mass is 16.5. The Labute approximate surface area is 141 Å². The Morgan fingerprint density at radius 1 is 0.667 bits per heavy atom. The lowest BCUT2D eigenvalue weighted by molar-refractivity contribution is 0.105. The van der Waals surface area contributed by atoms with E-state index in [4.69, 9.17) is 4.74 Å². The van der Waals surface area contributed by atoms with Crippen LogP contribution in [0.4, 0.5) is 0 Å². The van der Waals surface area contributed by atoms with Crippen LogP contribution < -0.4 is 4.74 Å². The molecule has 2 heteroatoms. The number of fused-ring (bicyclic) bond motifs is 1. The van der Waals surface area contributed by atoms with Gasteiger partial charge in [-0.3, -0.25) is 4.79 Å². The maximum Gasteiger partial charge on any atom is 0.195 e. The summed E-state index contributed by atoms with van der Waals surface area (Å²) in [5, 5.41) is 0. The zero-order valence-electron chi connectivity index (χ0n) is 13.3. The highest BCUT2D eigenvalue weighted by molar-refractivity contribution is 6.41. The molecule has 3 aromatic rings. The molecule has 0 spiro atoms. The number of hydrogen-bond acceptors (Lipinski definition) is 2. The Hall–Kier alpha value is -3.13. The number of carbonyl (C=O) groups excluding carboxylic acids is 1. The van der Waals surface area contributed by atoms with Gasteiger partial charge in [0.2, 0.25) is 0 Å². The Balaban J connectivity index is 2.01. The summed E-state index contributed by atoms with van der Waals surface area (Å²) in [5.74, 6) is 0.748. The second-order valence-electron chi connectivity index (χ2n) is 5.72. The van der Waals surface area contributed by atoms with Crippen LogP contribution in [0.1, 0.15) is 27.0 Å². The summed E-state index contributed by atoms with van der Waals surface area (Å²) < 4.78 is 5.30. The van der Waals surface area contributed by atoms with Crippen LogP contribution in [0.25, 0.3) is 11.1 Å². The number of ether oxygens (including phenoxy) is 1. The largest absolute Gasteiger partial charge is 0.497 e. The predicted molar refractivity (Wildman–Crippen MR) is 96.1 cm³/mol. The van der Waals surface area contributed by atoms with Gasteiger partial charge < -0.3 is 4.74 Å². The minimum absolute atomic E-state index is 0.0500. The zero-order chi connectivity index (χ0) is 16.5. The molecule has 0 bridgehead atoms. The average molecular weight is 312 g/mol. The van der Waals surface area contributed by atoms with Crippen molar-refractivity contribution in [2.45, 2.75) is 0 Å². The van der Waals surface area contributed by atoms with Gasteiger partial charge >= 0.3 is 0 Å². The average Bonchev–Trinajstić information content (AvgIpc) is 2.95. The molecule has 0 amide bonds. The van der Waals surface area contributed by atoms with Crippen molar-refractivity contribution in [3.05, 3.63) is 101 Å². The monoisotopic (exact) mass is 312 g/mol. The van der Waals surface area contributed by atoms with E-state index in [9.17, 15) is 4.79 Å². The number of hydrogen-bond donors (Lipinski definition) is 0. The summed E-state index contributed by atoms with van der Waals surface area (Å²) in [6, 6.07) is 25.6.